The van der Waals surface area contributed by atoms with E-state index in [1.54, 1.807) is 32.4 Å². The van der Waals surface area contributed by atoms with Crippen molar-refractivity contribution in [3.8, 4) is 11.5 Å². The molecular formula is C13H19NO4S. The SMILES string of the molecule is COCCOCCOc1cc(OC)ccc1C(N)=S. The topological polar surface area (TPSA) is 62.9 Å². The van der Waals surface area contributed by atoms with Gasteiger partial charge in [0.05, 0.1) is 32.5 Å². The second-order valence-corrected chi connectivity index (χ2v) is 4.12. The number of rotatable bonds is 9. The van der Waals surface area contributed by atoms with Gasteiger partial charge in [-0.1, -0.05) is 12.2 Å². The van der Waals surface area contributed by atoms with E-state index in [9.17, 15) is 0 Å². The average molecular weight is 285 g/mol. The van der Waals surface area contributed by atoms with Crippen molar-refractivity contribution in [3.05, 3.63) is 23.8 Å². The van der Waals surface area contributed by atoms with Gasteiger partial charge in [-0.05, 0) is 12.1 Å². The van der Waals surface area contributed by atoms with Gasteiger partial charge in [-0.25, -0.2) is 0 Å². The second kappa shape index (κ2) is 8.68. The first-order valence-corrected chi connectivity index (χ1v) is 6.27. The van der Waals surface area contributed by atoms with Gasteiger partial charge in [-0.2, -0.15) is 0 Å². The fourth-order valence-corrected chi connectivity index (χ4v) is 1.58. The van der Waals surface area contributed by atoms with Crippen LogP contribution in [0.4, 0.5) is 0 Å². The molecule has 0 aliphatic rings. The summed E-state index contributed by atoms with van der Waals surface area (Å²) in [5.41, 5.74) is 6.33. The largest absolute Gasteiger partial charge is 0.497 e. The van der Waals surface area contributed by atoms with E-state index in [4.69, 9.17) is 36.9 Å². The lowest BCUT2D eigenvalue weighted by Crippen LogP contribution is -2.14. The highest BCUT2D eigenvalue weighted by molar-refractivity contribution is 7.80. The van der Waals surface area contributed by atoms with E-state index in [0.29, 0.717) is 43.5 Å². The second-order valence-electron chi connectivity index (χ2n) is 3.68. The van der Waals surface area contributed by atoms with Crippen LogP contribution in [0.25, 0.3) is 0 Å². The molecule has 1 rings (SSSR count). The molecule has 0 aliphatic carbocycles. The van der Waals surface area contributed by atoms with Gasteiger partial charge < -0.3 is 24.7 Å². The fraction of sp³-hybridized carbons (Fsp3) is 0.462. The molecule has 0 bridgehead atoms. The molecular weight excluding hydrogens is 266 g/mol. The lowest BCUT2D eigenvalue weighted by atomic mass is 10.2. The Bertz CT molecular complexity index is 412. The van der Waals surface area contributed by atoms with Gasteiger partial charge in [-0.3, -0.25) is 0 Å². The monoisotopic (exact) mass is 285 g/mol. The molecule has 6 heteroatoms. The predicted molar refractivity (Wildman–Crippen MR) is 77.1 cm³/mol. The molecule has 1 aromatic rings. The van der Waals surface area contributed by atoms with Crippen LogP contribution in [0.3, 0.4) is 0 Å². The molecule has 0 aliphatic heterocycles. The van der Waals surface area contributed by atoms with Crippen molar-refractivity contribution in [2.75, 3.05) is 40.6 Å². The summed E-state index contributed by atoms with van der Waals surface area (Å²) in [7, 11) is 3.22. The van der Waals surface area contributed by atoms with Crippen molar-refractivity contribution in [1.82, 2.24) is 0 Å². The molecule has 0 saturated heterocycles. The first kappa shape index (κ1) is 15.7. The molecule has 106 valence electrons. The maximum atomic E-state index is 5.64. The van der Waals surface area contributed by atoms with Crippen LogP contribution in [0.15, 0.2) is 18.2 Å². The Morgan fingerprint density at radius 1 is 1.16 bits per heavy atom. The van der Waals surface area contributed by atoms with Gasteiger partial charge in [0.15, 0.2) is 0 Å². The minimum atomic E-state index is 0.290. The molecule has 0 heterocycles. The van der Waals surface area contributed by atoms with E-state index in [1.807, 2.05) is 0 Å². The fourth-order valence-electron chi connectivity index (χ4n) is 1.41. The van der Waals surface area contributed by atoms with Crippen LogP contribution in [0.5, 0.6) is 11.5 Å². The van der Waals surface area contributed by atoms with Crippen LogP contribution < -0.4 is 15.2 Å². The molecule has 0 unspecified atom stereocenters. The molecule has 5 nitrogen and oxygen atoms in total. The highest BCUT2D eigenvalue weighted by Crippen LogP contribution is 2.24. The Hall–Kier alpha value is -1.37. The third kappa shape index (κ3) is 5.42. The molecule has 0 fully saturated rings. The summed E-state index contributed by atoms with van der Waals surface area (Å²) in [6.07, 6.45) is 0. The van der Waals surface area contributed by atoms with Crippen LogP contribution >= 0.6 is 12.2 Å². The lowest BCUT2D eigenvalue weighted by Gasteiger charge is -2.12. The normalized spacial score (nSPS) is 10.2. The summed E-state index contributed by atoms with van der Waals surface area (Å²) in [6, 6.07) is 5.32. The van der Waals surface area contributed by atoms with Gasteiger partial charge >= 0.3 is 0 Å². The van der Waals surface area contributed by atoms with E-state index in [2.05, 4.69) is 0 Å². The van der Waals surface area contributed by atoms with Crippen LogP contribution in [-0.2, 0) is 9.47 Å². The Kier molecular flexibility index (Phi) is 7.17. The molecule has 0 saturated carbocycles. The van der Waals surface area contributed by atoms with Crippen molar-refractivity contribution in [1.29, 1.82) is 0 Å². The number of hydrogen-bond donors (Lipinski definition) is 1. The number of benzene rings is 1. The molecule has 1 aromatic carbocycles. The number of nitrogens with two attached hydrogens (primary N) is 1. The van der Waals surface area contributed by atoms with E-state index < -0.39 is 0 Å². The standard InChI is InChI=1S/C13H19NO4S/c1-15-5-6-17-7-8-18-12-9-10(16-2)3-4-11(12)13(14)19/h3-4,9H,5-8H2,1-2H3,(H2,14,19). The number of methoxy groups -OCH3 is 2. The third-order valence-electron chi connectivity index (χ3n) is 2.37. The van der Waals surface area contributed by atoms with Crippen LogP contribution in [-0.4, -0.2) is 45.6 Å². The van der Waals surface area contributed by atoms with Crippen molar-refractivity contribution >= 4 is 17.2 Å². The summed E-state index contributed by atoms with van der Waals surface area (Å²) in [6.45, 7) is 1.99. The summed E-state index contributed by atoms with van der Waals surface area (Å²) in [4.78, 5) is 0.290. The molecule has 0 radical (unpaired) electrons. The van der Waals surface area contributed by atoms with Crippen LogP contribution in [0.2, 0.25) is 0 Å². The van der Waals surface area contributed by atoms with Gasteiger partial charge in [0.2, 0.25) is 0 Å². The Balaban J connectivity index is 2.52. The summed E-state index contributed by atoms with van der Waals surface area (Å²) in [5.74, 6) is 1.29. The van der Waals surface area contributed by atoms with E-state index >= 15 is 0 Å². The maximum Gasteiger partial charge on any atom is 0.133 e. The summed E-state index contributed by atoms with van der Waals surface area (Å²) in [5, 5.41) is 0. The smallest absolute Gasteiger partial charge is 0.133 e. The Morgan fingerprint density at radius 2 is 1.89 bits per heavy atom. The molecule has 0 amide bonds. The number of thiocarbonyl (C=S) groups is 1. The van der Waals surface area contributed by atoms with E-state index in [0.717, 1.165) is 0 Å². The maximum absolute atomic E-state index is 5.64. The van der Waals surface area contributed by atoms with Gasteiger partial charge in [-0.15, -0.1) is 0 Å². The zero-order chi connectivity index (χ0) is 14.1. The highest BCUT2D eigenvalue weighted by atomic mass is 32.1. The number of hydrogen-bond acceptors (Lipinski definition) is 5. The van der Waals surface area contributed by atoms with Gasteiger partial charge in [0.25, 0.3) is 0 Å². The van der Waals surface area contributed by atoms with Gasteiger partial charge in [0.1, 0.15) is 23.1 Å². The Morgan fingerprint density at radius 3 is 2.53 bits per heavy atom. The van der Waals surface area contributed by atoms with Crippen molar-refractivity contribution in [2.24, 2.45) is 5.73 Å². The van der Waals surface area contributed by atoms with E-state index in [-0.39, 0.29) is 4.99 Å². The minimum absolute atomic E-state index is 0.290. The Labute approximate surface area is 118 Å². The van der Waals surface area contributed by atoms with Crippen LogP contribution in [0.1, 0.15) is 5.56 Å². The molecule has 19 heavy (non-hydrogen) atoms. The summed E-state index contributed by atoms with van der Waals surface area (Å²) >= 11 is 4.97. The molecule has 0 spiro atoms. The molecule has 0 atom stereocenters. The lowest BCUT2D eigenvalue weighted by molar-refractivity contribution is 0.0543. The molecule has 2 N–H and O–H groups in total. The number of ether oxygens (including phenoxy) is 4. The first-order chi connectivity index (χ1) is 9.19. The van der Waals surface area contributed by atoms with Crippen molar-refractivity contribution in [2.45, 2.75) is 0 Å². The summed E-state index contributed by atoms with van der Waals surface area (Å²) < 4.78 is 20.9. The van der Waals surface area contributed by atoms with E-state index in [1.165, 1.54) is 0 Å². The van der Waals surface area contributed by atoms with Crippen molar-refractivity contribution < 1.29 is 18.9 Å². The highest BCUT2D eigenvalue weighted by Gasteiger charge is 2.08. The third-order valence-corrected chi connectivity index (χ3v) is 2.59. The first-order valence-electron chi connectivity index (χ1n) is 5.86. The zero-order valence-corrected chi connectivity index (χ0v) is 12.0. The average Bonchev–Trinajstić information content (AvgIpc) is 2.42. The zero-order valence-electron chi connectivity index (χ0n) is 11.2. The van der Waals surface area contributed by atoms with Crippen LogP contribution in [0, 0.1) is 0 Å². The van der Waals surface area contributed by atoms with Gasteiger partial charge in [0, 0.05) is 13.2 Å². The molecule has 0 aromatic heterocycles. The quantitative estimate of drug-likeness (QED) is 0.546. The predicted octanol–water partition coefficient (Wildman–Crippen LogP) is 1.37. The minimum Gasteiger partial charge on any atom is -0.497 e. The van der Waals surface area contributed by atoms with Crippen molar-refractivity contribution in [3.63, 3.8) is 0 Å².